The molecule has 3 aliphatic rings. The highest BCUT2D eigenvalue weighted by molar-refractivity contribution is 6.43. The Labute approximate surface area is 307 Å². The molecule has 1 aliphatic carbocycles. The molecule has 266 valence electrons. The molecule has 52 heavy (non-hydrogen) atoms. The first-order valence-corrected chi connectivity index (χ1v) is 17.1. The summed E-state index contributed by atoms with van der Waals surface area (Å²) in [7, 11) is 4.53. The molecule has 2 aliphatic heterocycles. The number of fused-ring (bicyclic) bond motifs is 4. The number of methoxy groups -OCH3 is 3. The molecule has 0 bridgehead atoms. The number of ether oxygens (including phenoxy) is 7. The second kappa shape index (κ2) is 13.3. The first-order chi connectivity index (χ1) is 25.2. The van der Waals surface area contributed by atoms with Gasteiger partial charge in [-0.1, -0.05) is 47.5 Å². The van der Waals surface area contributed by atoms with Crippen molar-refractivity contribution in [2.75, 3.05) is 34.7 Å². The average molecular weight is 745 g/mol. The topological polar surface area (TPSA) is 121 Å². The Balaban J connectivity index is 1.18. The molecule has 11 nitrogen and oxygen atoms in total. The number of ketones is 1. The third-order valence-corrected chi connectivity index (χ3v) is 10.7. The molecule has 3 heterocycles. The minimum Gasteiger partial charge on any atom is -0.493 e. The van der Waals surface area contributed by atoms with Gasteiger partial charge in [0.05, 0.1) is 49.5 Å². The Kier molecular flexibility index (Phi) is 8.63. The number of carbonyl (C=O) groups excluding carboxylic acids is 3. The molecule has 0 N–H and O–H groups in total. The van der Waals surface area contributed by atoms with Gasteiger partial charge in [-0.15, -0.1) is 0 Å². The number of halogens is 2. The van der Waals surface area contributed by atoms with Crippen LogP contribution in [0.2, 0.25) is 10.0 Å². The average Bonchev–Trinajstić information content (AvgIpc) is 3.88. The highest BCUT2D eigenvalue weighted by Crippen LogP contribution is 2.56. The van der Waals surface area contributed by atoms with Crippen molar-refractivity contribution in [2.24, 2.45) is 11.8 Å². The van der Waals surface area contributed by atoms with Crippen LogP contribution in [0.1, 0.15) is 44.6 Å². The van der Waals surface area contributed by atoms with Crippen LogP contribution in [0.5, 0.6) is 28.7 Å². The number of Topliss-reactive ketones (excluding diaryl/α,β-unsaturated/α-hetero) is 1. The van der Waals surface area contributed by atoms with E-state index in [0.717, 1.165) is 11.1 Å². The van der Waals surface area contributed by atoms with Crippen LogP contribution in [0.15, 0.2) is 72.9 Å². The fourth-order valence-electron chi connectivity index (χ4n) is 7.62. The fourth-order valence-corrected chi connectivity index (χ4v) is 7.94. The van der Waals surface area contributed by atoms with Crippen molar-refractivity contribution in [2.45, 2.75) is 18.6 Å². The molecule has 0 unspecified atom stereocenters. The number of hydrogen-bond donors (Lipinski definition) is 0. The van der Waals surface area contributed by atoms with Gasteiger partial charge in [0.2, 0.25) is 12.5 Å². The van der Waals surface area contributed by atoms with Crippen LogP contribution < -0.4 is 23.7 Å². The largest absolute Gasteiger partial charge is 0.493 e. The maximum atomic E-state index is 14.0. The van der Waals surface area contributed by atoms with Gasteiger partial charge < -0.3 is 37.7 Å². The molecule has 1 aromatic heterocycles. The summed E-state index contributed by atoms with van der Waals surface area (Å²) in [6.45, 7) is 0.332. The van der Waals surface area contributed by atoms with E-state index in [0.29, 0.717) is 67.4 Å². The summed E-state index contributed by atoms with van der Waals surface area (Å²) in [4.78, 5) is 41.6. The van der Waals surface area contributed by atoms with Gasteiger partial charge in [0, 0.05) is 41.0 Å². The number of aromatic nitrogens is 1. The van der Waals surface area contributed by atoms with Crippen molar-refractivity contribution in [1.82, 2.24) is 4.57 Å². The van der Waals surface area contributed by atoms with Crippen LogP contribution in [0.4, 0.5) is 0 Å². The lowest BCUT2D eigenvalue weighted by Crippen LogP contribution is -2.37. The molecule has 0 saturated carbocycles. The molecule has 13 heteroatoms. The van der Waals surface area contributed by atoms with Gasteiger partial charge in [-0.05, 0) is 59.2 Å². The van der Waals surface area contributed by atoms with Crippen molar-refractivity contribution in [3.8, 4) is 28.7 Å². The van der Waals surface area contributed by atoms with Gasteiger partial charge in [0.15, 0.2) is 23.0 Å². The summed E-state index contributed by atoms with van der Waals surface area (Å²) >= 11 is 12.4. The molecule has 4 atom stereocenters. The van der Waals surface area contributed by atoms with Crippen LogP contribution in [-0.4, -0.2) is 57.0 Å². The smallest absolute Gasteiger partial charge is 0.380 e. The van der Waals surface area contributed by atoms with E-state index in [-0.39, 0.29) is 19.0 Å². The fraction of sp³-hybridized carbons (Fsp3) is 0.256. The molecule has 1 saturated heterocycles. The van der Waals surface area contributed by atoms with Gasteiger partial charge in [-0.3, -0.25) is 9.59 Å². The summed E-state index contributed by atoms with van der Waals surface area (Å²) in [5.74, 6) is -2.29. The second-order valence-electron chi connectivity index (χ2n) is 12.7. The SMILES string of the molecule is COc1cc([C@@H]2c3cc4c(cc3[C@H](OC(=O)C(=O)c3cn(Cc5ccc(Cl)c(Cl)c5)c5ccccc35)[C@H]3COC(=O)[C@H]23)OCO4)cc(OC)c1OC. The summed E-state index contributed by atoms with van der Waals surface area (Å²) in [6, 6.07) is 19.7. The van der Waals surface area contributed by atoms with Gasteiger partial charge in [0.1, 0.15) is 6.10 Å². The van der Waals surface area contributed by atoms with Gasteiger partial charge >= 0.3 is 11.9 Å². The number of benzene rings is 4. The highest BCUT2D eigenvalue weighted by atomic mass is 35.5. The van der Waals surface area contributed by atoms with Gasteiger partial charge in [-0.2, -0.15) is 0 Å². The molecule has 8 rings (SSSR count). The Hall–Kier alpha value is -5.39. The van der Waals surface area contributed by atoms with Crippen molar-refractivity contribution in [1.29, 1.82) is 0 Å². The van der Waals surface area contributed by atoms with Crippen LogP contribution in [-0.2, 0) is 25.6 Å². The number of nitrogens with zero attached hydrogens (tertiary/aromatic N) is 1. The maximum absolute atomic E-state index is 14.0. The monoisotopic (exact) mass is 743 g/mol. The molecule has 5 aromatic rings. The van der Waals surface area contributed by atoms with Crippen LogP contribution in [0, 0.1) is 11.8 Å². The summed E-state index contributed by atoms with van der Waals surface area (Å²) in [5, 5.41) is 1.42. The van der Waals surface area contributed by atoms with Crippen LogP contribution in [0.3, 0.4) is 0 Å². The van der Waals surface area contributed by atoms with E-state index in [2.05, 4.69) is 0 Å². The summed E-state index contributed by atoms with van der Waals surface area (Å²) in [5.41, 5.74) is 3.65. The van der Waals surface area contributed by atoms with E-state index < -0.39 is 41.6 Å². The molecule has 0 radical (unpaired) electrons. The minimum atomic E-state index is -1.07. The van der Waals surface area contributed by atoms with Crippen molar-refractivity contribution in [3.63, 3.8) is 0 Å². The number of carbonyl (C=O) groups is 3. The number of hydrogen-bond acceptors (Lipinski definition) is 10. The Morgan fingerprint density at radius 1 is 0.846 bits per heavy atom. The lowest BCUT2D eigenvalue weighted by atomic mass is 9.66. The first kappa shape index (κ1) is 33.7. The zero-order valence-corrected chi connectivity index (χ0v) is 29.7. The van der Waals surface area contributed by atoms with Crippen molar-refractivity contribution < 1.29 is 47.5 Å². The van der Waals surface area contributed by atoms with Gasteiger partial charge in [-0.25, -0.2) is 4.79 Å². The molecule has 0 spiro atoms. The summed E-state index contributed by atoms with van der Waals surface area (Å²) < 4.78 is 41.9. The van der Waals surface area contributed by atoms with Crippen LogP contribution in [0.25, 0.3) is 10.9 Å². The number of rotatable bonds is 9. The lowest BCUT2D eigenvalue weighted by Gasteiger charge is -2.38. The zero-order valence-electron chi connectivity index (χ0n) is 28.1. The number of esters is 2. The zero-order chi connectivity index (χ0) is 36.3. The third-order valence-electron chi connectivity index (χ3n) is 9.95. The normalized spacial score (nSPS) is 19.8. The quantitative estimate of drug-likeness (QED) is 0.0874. The highest BCUT2D eigenvalue weighted by Gasteiger charge is 2.54. The second-order valence-corrected chi connectivity index (χ2v) is 13.5. The van der Waals surface area contributed by atoms with Crippen molar-refractivity contribution >= 4 is 51.8 Å². The van der Waals surface area contributed by atoms with Crippen LogP contribution >= 0.6 is 23.2 Å². The predicted octanol–water partition coefficient (Wildman–Crippen LogP) is 7.15. The van der Waals surface area contributed by atoms with E-state index in [1.165, 1.54) is 21.3 Å². The Morgan fingerprint density at radius 2 is 1.56 bits per heavy atom. The molecular weight excluding hydrogens is 713 g/mol. The van der Waals surface area contributed by atoms with Gasteiger partial charge in [0.25, 0.3) is 5.78 Å². The van der Waals surface area contributed by atoms with E-state index in [1.807, 2.05) is 22.8 Å². The molecular formula is C39H31Cl2NO10. The van der Waals surface area contributed by atoms with E-state index in [4.69, 9.17) is 56.4 Å². The molecule has 4 aromatic carbocycles. The number of cyclic esters (lactones) is 1. The number of para-hydroxylation sites is 1. The summed E-state index contributed by atoms with van der Waals surface area (Å²) in [6.07, 6.45) is 0.607. The predicted molar refractivity (Wildman–Crippen MR) is 189 cm³/mol. The maximum Gasteiger partial charge on any atom is 0.380 e. The first-order valence-electron chi connectivity index (χ1n) is 16.4. The standard InChI is InChI=1S/C39H31Cl2NO10/c1-46-31-11-20(12-32(47-2)37(31)48-3)33-22-13-29-30(51-18-50-29)14-23(22)36(25-17-49-38(44)34(25)33)52-39(45)35(43)24-16-42(28-7-5-4-6-21(24)28)15-19-8-9-26(40)27(41)10-19/h4-14,16,25,33-34,36H,15,17-18H2,1-3H3/t25-,33+,34-,36-/m0/s1. The Morgan fingerprint density at radius 3 is 2.25 bits per heavy atom. The lowest BCUT2D eigenvalue weighted by molar-refractivity contribution is -0.149. The Bertz CT molecular complexity index is 2260. The molecule has 0 amide bonds. The van der Waals surface area contributed by atoms with E-state index >= 15 is 0 Å². The third kappa shape index (κ3) is 5.55. The van der Waals surface area contributed by atoms with E-state index in [1.54, 1.807) is 54.7 Å². The minimum absolute atomic E-state index is 0.00277. The van der Waals surface area contributed by atoms with E-state index in [9.17, 15) is 14.4 Å². The van der Waals surface area contributed by atoms with Crippen molar-refractivity contribution in [3.05, 3.63) is 111 Å². The molecule has 1 fully saturated rings.